The first-order valence-corrected chi connectivity index (χ1v) is 19.8. The molecule has 1 heterocycles. The Morgan fingerprint density at radius 3 is 1.28 bits per heavy atom. The van der Waals surface area contributed by atoms with Gasteiger partial charge in [0.2, 0.25) is 6.34 Å². The summed E-state index contributed by atoms with van der Waals surface area (Å²) < 4.78 is 14.8. The van der Waals surface area contributed by atoms with Gasteiger partial charge in [-0.15, -0.1) is 0 Å². The lowest BCUT2D eigenvalue weighted by atomic mass is 10.1. The average molecular weight is 648 g/mol. The molecule has 0 aliphatic carbocycles. The Labute approximate surface area is 290 Å². The van der Waals surface area contributed by atoms with Crippen molar-refractivity contribution < 1.29 is 14.0 Å². The van der Waals surface area contributed by atoms with Crippen molar-refractivity contribution >= 4 is 17.7 Å². The summed E-state index contributed by atoms with van der Waals surface area (Å²) in [6.45, 7) is 17.1. The fraction of sp³-hybridized carbons (Fsp3) is 0.698. The first kappa shape index (κ1) is 39.0. The van der Waals surface area contributed by atoms with Crippen LogP contribution in [0, 0.1) is 27.7 Å². The van der Waals surface area contributed by atoms with Crippen LogP contribution in [0.15, 0.2) is 24.3 Å². The number of rotatable bonds is 26. The molecule has 0 radical (unpaired) electrons. The predicted octanol–water partition coefficient (Wildman–Crippen LogP) is 12.7. The molecule has 0 bridgehead atoms. The molecule has 4 nitrogen and oxygen atoms in total. The van der Waals surface area contributed by atoms with E-state index in [9.17, 15) is 0 Å². The third kappa shape index (κ3) is 14.3. The molecule has 0 aromatic heterocycles. The second-order valence-electron chi connectivity index (χ2n) is 14.4. The lowest BCUT2D eigenvalue weighted by molar-refractivity contribution is -0.425. The van der Waals surface area contributed by atoms with Crippen LogP contribution in [0.1, 0.15) is 165 Å². The maximum atomic E-state index is 6.21. The maximum absolute atomic E-state index is 6.21. The van der Waals surface area contributed by atoms with E-state index in [2.05, 4.69) is 81.6 Å². The molecule has 4 heteroatoms. The summed E-state index contributed by atoms with van der Waals surface area (Å²) in [7, 11) is 0. The highest BCUT2D eigenvalue weighted by molar-refractivity contribution is 5.82. The normalized spacial score (nSPS) is 13.0. The van der Waals surface area contributed by atoms with Crippen molar-refractivity contribution in [2.45, 2.75) is 170 Å². The Balaban J connectivity index is 1.41. The van der Waals surface area contributed by atoms with Gasteiger partial charge in [0.25, 0.3) is 0 Å². The molecule has 0 amide bonds. The van der Waals surface area contributed by atoms with Crippen molar-refractivity contribution in [2.75, 3.05) is 31.2 Å². The molecule has 264 valence electrons. The fourth-order valence-corrected chi connectivity index (χ4v) is 7.30. The summed E-state index contributed by atoms with van der Waals surface area (Å²) in [4.78, 5) is 2.42. The Bertz CT molecular complexity index is 1140. The second kappa shape index (κ2) is 23.0. The minimum atomic E-state index is 0.815. The molecular formula is C43H71N2O2+. The van der Waals surface area contributed by atoms with Crippen molar-refractivity contribution in [1.29, 1.82) is 0 Å². The molecule has 0 saturated carbocycles. The topological polar surface area (TPSA) is 24.7 Å². The van der Waals surface area contributed by atoms with E-state index in [0.29, 0.717) is 0 Å². The van der Waals surface area contributed by atoms with E-state index < -0.39 is 0 Å². The number of aryl methyl sites for hydroxylation is 4. The Hall–Kier alpha value is -2.49. The highest BCUT2D eigenvalue weighted by Crippen LogP contribution is 2.33. The van der Waals surface area contributed by atoms with Gasteiger partial charge < -0.3 is 9.47 Å². The third-order valence-corrected chi connectivity index (χ3v) is 9.90. The molecule has 0 fully saturated rings. The number of ether oxygens (including phenoxy) is 2. The van der Waals surface area contributed by atoms with Crippen molar-refractivity contribution in [3.05, 3.63) is 46.5 Å². The highest BCUT2D eigenvalue weighted by Gasteiger charge is 2.27. The molecule has 2 aromatic carbocycles. The first-order valence-electron chi connectivity index (χ1n) is 19.8. The van der Waals surface area contributed by atoms with Crippen LogP contribution in [0.5, 0.6) is 11.5 Å². The zero-order chi connectivity index (χ0) is 33.7. The molecule has 3 rings (SSSR count). The average Bonchev–Trinajstić information content (AvgIpc) is 3.50. The Morgan fingerprint density at radius 2 is 0.872 bits per heavy atom. The number of anilines is 1. The molecule has 0 spiro atoms. The third-order valence-electron chi connectivity index (χ3n) is 9.90. The molecular weight excluding hydrogens is 576 g/mol. The molecule has 0 atom stereocenters. The summed E-state index contributed by atoms with van der Waals surface area (Å²) in [5.41, 5.74) is 7.75. The van der Waals surface area contributed by atoms with Gasteiger partial charge >= 0.3 is 0 Å². The highest BCUT2D eigenvalue weighted by atomic mass is 16.5. The maximum Gasteiger partial charge on any atom is 0.244 e. The minimum absolute atomic E-state index is 0.815. The monoisotopic (exact) mass is 648 g/mol. The molecule has 0 saturated heterocycles. The van der Waals surface area contributed by atoms with Crippen molar-refractivity contribution in [3.63, 3.8) is 0 Å². The summed E-state index contributed by atoms with van der Waals surface area (Å²) in [5, 5.41) is 0. The van der Waals surface area contributed by atoms with Crippen LogP contribution in [-0.2, 0) is 0 Å². The van der Waals surface area contributed by atoms with Crippen LogP contribution in [-0.4, -0.2) is 37.2 Å². The molecule has 1 aliphatic rings. The van der Waals surface area contributed by atoms with Crippen LogP contribution >= 0.6 is 0 Å². The number of unbranched alkanes of at least 4 members (excludes halogenated alkanes) is 18. The Morgan fingerprint density at radius 1 is 0.511 bits per heavy atom. The van der Waals surface area contributed by atoms with Crippen molar-refractivity contribution in [3.8, 4) is 11.5 Å². The zero-order valence-corrected chi connectivity index (χ0v) is 31.6. The number of hydrogen-bond acceptors (Lipinski definition) is 3. The molecule has 0 N–H and O–H groups in total. The van der Waals surface area contributed by atoms with Gasteiger partial charge in [0.15, 0.2) is 0 Å². The summed E-state index contributed by atoms with van der Waals surface area (Å²) in [5.74, 6) is 2.02. The van der Waals surface area contributed by atoms with Gasteiger partial charge in [-0.2, -0.15) is 0 Å². The molecule has 0 unspecified atom stereocenters. The molecule has 47 heavy (non-hydrogen) atoms. The van der Waals surface area contributed by atoms with Gasteiger partial charge in [-0.3, -0.25) is 0 Å². The number of nitrogens with zero attached hydrogens (tertiary/aromatic N) is 2. The lowest BCUT2D eigenvalue weighted by Crippen LogP contribution is -2.20. The van der Waals surface area contributed by atoms with E-state index in [1.165, 1.54) is 149 Å². The standard InChI is InChI=1S/C43H71N2O2/c1-7-9-11-13-15-17-19-21-23-25-29-46-40-31-36(3)42(37(4)32-40)44-27-28-45(35-44)43-38(5)33-41(34-39(43)6)47-30-26-24-22-20-18-16-14-12-10-8-2/h31-35H,7-30H2,1-6H3/q+1. The second-order valence-corrected chi connectivity index (χ2v) is 14.4. The van der Waals surface area contributed by atoms with Crippen LogP contribution in [0.4, 0.5) is 11.4 Å². The SMILES string of the molecule is CCCCCCCCCCCCOc1cc(C)c(N2C=[N+](c3c(C)cc(OCCCCCCCCCCCC)cc3C)CC2)c(C)c1. The Kier molecular flexibility index (Phi) is 19.0. The van der Waals surface area contributed by atoms with E-state index in [4.69, 9.17) is 9.47 Å². The van der Waals surface area contributed by atoms with Gasteiger partial charge in [-0.25, -0.2) is 9.48 Å². The first-order chi connectivity index (χ1) is 22.9. The van der Waals surface area contributed by atoms with E-state index >= 15 is 0 Å². The quantitative estimate of drug-likeness (QED) is 0.0750. The summed E-state index contributed by atoms with van der Waals surface area (Å²) in [6, 6.07) is 8.91. The minimum Gasteiger partial charge on any atom is -0.494 e. The number of hydrogen-bond donors (Lipinski definition) is 0. The fourth-order valence-electron chi connectivity index (χ4n) is 7.30. The van der Waals surface area contributed by atoms with Crippen LogP contribution in [0.3, 0.4) is 0 Å². The van der Waals surface area contributed by atoms with Gasteiger partial charge in [0.05, 0.1) is 13.2 Å². The molecule has 2 aromatic rings. The smallest absolute Gasteiger partial charge is 0.244 e. The largest absolute Gasteiger partial charge is 0.494 e. The van der Waals surface area contributed by atoms with Gasteiger partial charge in [0.1, 0.15) is 36.0 Å². The van der Waals surface area contributed by atoms with Gasteiger partial charge in [-0.1, -0.05) is 129 Å². The van der Waals surface area contributed by atoms with E-state index in [1.807, 2.05) is 0 Å². The molecule has 1 aliphatic heterocycles. The van der Waals surface area contributed by atoms with Crippen molar-refractivity contribution in [2.24, 2.45) is 0 Å². The van der Waals surface area contributed by atoms with E-state index in [0.717, 1.165) is 50.6 Å². The number of benzene rings is 2. The van der Waals surface area contributed by atoms with Crippen molar-refractivity contribution in [1.82, 2.24) is 0 Å². The predicted molar refractivity (Wildman–Crippen MR) is 205 cm³/mol. The summed E-state index contributed by atoms with van der Waals surface area (Å²) in [6.07, 6.45) is 29.3. The summed E-state index contributed by atoms with van der Waals surface area (Å²) >= 11 is 0. The van der Waals surface area contributed by atoms with Gasteiger partial charge in [-0.05, 0) is 87.1 Å². The van der Waals surface area contributed by atoms with E-state index in [-0.39, 0.29) is 0 Å². The van der Waals surface area contributed by atoms with E-state index in [1.54, 1.807) is 0 Å². The van der Waals surface area contributed by atoms with Crippen LogP contribution < -0.4 is 14.4 Å². The van der Waals surface area contributed by atoms with Crippen LogP contribution in [0.25, 0.3) is 0 Å². The zero-order valence-electron chi connectivity index (χ0n) is 31.6. The van der Waals surface area contributed by atoms with Crippen LogP contribution in [0.2, 0.25) is 0 Å². The lowest BCUT2D eigenvalue weighted by Gasteiger charge is -2.15. The van der Waals surface area contributed by atoms with Gasteiger partial charge in [0, 0.05) is 0 Å².